The van der Waals surface area contributed by atoms with Crippen molar-refractivity contribution in [1.82, 2.24) is 29.7 Å². The molecule has 42 heavy (non-hydrogen) atoms. The number of ether oxygens (including phenoxy) is 2. The molecule has 4 aromatic rings. The third-order valence-electron chi connectivity index (χ3n) is 8.16. The van der Waals surface area contributed by atoms with Crippen LogP contribution in [0.3, 0.4) is 0 Å². The molecule has 1 aromatic carbocycles. The topological polar surface area (TPSA) is 92.6 Å². The molecule has 3 saturated heterocycles. The molecule has 2 atom stereocenters. The second-order valence-electron chi connectivity index (χ2n) is 11.7. The maximum Gasteiger partial charge on any atom is 0.229 e. The summed E-state index contributed by atoms with van der Waals surface area (Å²) in [5.74, 6) is 0.0945. The van der Waals surface area contributed by atoms with E-state index in [1.165, 1.54) is 12.1 Å². The summed E-state index contributed by atoms with van der Waals surface area (Å²) in [5.41, 5.74) is 1.33. The van der Waals surface area contributed by atoms with Crippen molar-refractivity contribution in [1.29, 1.82) is 0 Å². The van der Waals surface area contributed by atoms with Gasteiger partial charge in [-0.3, -0.25) is 4.90 Å². The van der Waals surface area contributed by atoms with Crippen LogP contribution in [-0.2, 0) is 16.0 Å². The average Bonchev–Trinajstić information content (AvgIpc) is 3.37. The maximum atomic E-state index is 15.3. The smallest absolute Gasteiger partial charge is 0.229 e. The van der Waals surface area contributed by atoms with Gasteiger partial charge in [0.1, 0.15) is 28.7 Å². The highest BCUT2D eigenvalue weighted by molar-refractivity contribution is 5.78. The van der Waals surface area contributed by atoms with Gasteiger partial charge in [0.15, 0.2) is 0 Å². The van der Waals surface area contributed by atoms with E-state index in [1.54, 1.807) is 23.2 Å². The van der Waals surface area contributed by atoms with Crippen molar-refractivity contribution in [2.75, 3.05) is 56.2 Å². The Morgan fingerprint density at radius 2 is 1.83 bits per heavy atom. The van der Waals surface area contributed by atoms with Gasteiger partial charge in [-0.05, 0) is 44.2 Å². The molecular formula is C30H34F2N8O2. The van der Waals surface area contributed by atoms with Gasteiger partial charge < -0.3 is 29.6 Å². The second-order valence-corrected chi connectivity index (χ2v) is 11.7. The largest absolute Gasteiger partial charge is 0.375 e. The lowest BCUT2D eigenvalue weighted by molar-refractivity contribution is -0.238. The second kappa shape index (κ2) is 10.8. The fourth-order valence-electron chi connectivity index (χ4n) is 6.14. The van der Waals surface area contributed by atoms with Crippen LogP contribution in [0, 0.1) is 11.6 Å². The molecule has 0 saturated carbocycles. The number of nitrogens with zero attached hydrogens (tertiary/aromatic N) is 6. The highest BCUT2D eigenvalue weighted by Crippen LogP contribution is 2.29. The van der Waals surface area contributed by atoms with E-state index in [1.807, 2.05) is 23.1 Å². The van der Waals surface area contributed by atoms with Gasteiger partial charge in [-0.2, -0.15) is 4.98 Å². The van der Waals surface area contributed by atoms with Crippen molar-refractivity contribution >= 4 is 28.5 Å². The van der Waals surface area contributed by atoms with Crippen LogP contribution in [0.4, 0.5) is 26.2 Å². The lowest BCUT2D eigenvalue weighted by Gasteiger charge is -2.47. The molecule has 7 rings (SSSR count). The number of nitrogens with one attached hydrogen (secondary N) is 2. The van der Waals surface area contributed by atoms with Crippen molar-refractivity contribution in [3.63, 3.8) is 0 Å². The first kappa shape index (κ1) is 27.1. The molecular weight excluding hydrogens is 542 g/mol. The molecule has 0 bridgehead atoms. The number of aromatic nitrogens is 4. The number of halogens is 2. The van der Waals surface area contributed by atoms with Gasteiger partial charge in [0.05, 0.1) is 37.4 Å². The first-order valence-corrected chi connectivity index (χ1v) is 14.3. The zero-order chi connectivity index (χ0) is 28.8. The number of pyridine rings is 1. The normalized spacial score (nSPS) is 22.4. The predicted molar refractivity (Wildman–Crippen MR) is 155 cm³/mol. The fraction of sp³-hybridized carbons (Fsp3) is 0.433. The molecule has 3 aromatic heterocycles. The minimum absolute atomic E-state index is 0.0464. The van der Waals surface area contributed by atoms with Gasteiger partial charge in [-0.15, -0.1) is 0 Å². The Bertz CT molecular complexity index is 1560. The third-order valence-corrected chi connectivity index (χ3v) is 8.16. The van der Waals surface area contributed by atoms with Gasteiger partial charge in [0.2, 0.25) is 5.95 Å². The van der Waals surface area contributed by atoms with E-state index in [2.05, 4.69) is 44.3 Å². The van der Waals surface area contributed by atoms with Gasteiger partial charge in [-0.25, -0.2) is 18.7 Å². The molecule has 0 amide bonds. The summed E-state index contributed by atoms with van der Waals surface area (Å²) in [6.07, 6.45) is 5.19. The van der Waals surface area contributed by atoms with E-state index in [-0.39, 0.29) is 17.7 Å². The Kier molecular flexibility index (Phi) is 7.01. The molecule has 10 nitrogen and oxygen atoms in total. The van der Waals surface area contributed by atoms with Crippen LogP contribution in [0.1, 0.15) is 19.4 Å². The molecule has 0 aliphatic carbocycles. The zero-order valence-electron chi connectivity index (χ0n) is 23.7. The average molecular weight is 577 g/mol. The first-order chi connectivity index (χ1) is 20.3. The molecule has 12 heteroatoms. The van der Waals surface area contributed by atoms with Gasteiger partial charge in [-0.1, -0.05) is 0 Å². The number of benzene rings is 1. The minimum Gasteiger partial charge on any atom is -0.375 e. The molecule has 3 aliphatic rings. The number of morpholine rings is 1. The Morgan fingerprint density at radius 3 is 2.52 bits per heavy atom. The van der Waals surface area contributed by atoms with E-state index in [0.717, 1.165) is 30.0 Å². The van der Waals surface area contributed by atoms with Crippen LogP contribution in [0.5, 0.6) is 0 Å². The summed E-state index contributed by atoms with van der Waals surface area (Å²) in [7, 11) is 0. The molecule has 1 spiro atoms. The number of piperazine rings is 1. The van der Waals surface area contributed by atoms with E-state index < -0.39 is 11.6 Å². The predicted octanol–water partition coefficient (Wildman–Crippen LogP) is 3.63. The highest BCUT2D eigenvalue weighted by atomic mass is 19.1. The van der Waals surface area contributed by atoms with Crippen LogP contribution in [-0.4, -0.2) is 88.1 Å². The van der Waals surface area contributed by atoms with E-state index >= 15 is 8.78 Å². The maximum absolute atomic E-state index is 15.3. The number of fused-ring (bicyclic) bond motifs is 1. The molecule has 2 unspecified atom stereocenters. The number of hydrogen-bond donors (Lipinski definition) is 2. The Hall–Kier alpha value is -3.71. The van der Waals surface area contributed by atoms with Crippen molar-refractivity contribution in [3.8, 4) is 5.69 Å². The Labute approximate surface area is 242 Å². The lowest BCUT2D eigenvalue weighted by Crippen LogP contribution is -2.62. The number of rotatable bonds is 6. The summed E-state index contributed by atoms with van der Waals surface area (Å²) in [6, 6.07) is 9.25. The van der Waals surface area contributed by atoms with E-state index in [0.29, 0.717) is 62.3 Å². The summed E-state index contributed by atoms with van der Waals surface area (Å²) in [6.45, 7) is 9.07. The highest BCUT2D eigenvalue weighted by Gasteiger charge is 2.43. The Morgan fingerprint density at radius 1 is 1.05 bits per heavy atom. The van der Waals surface area contributed by atoms with Crippen LogP contribution in [0.25, 0.3) is 16.7 Å². The quantitative estimate of drug-likeness (QED) is 0.357. The summed E-state index contributed by atoms with van der Waals surface area (Å²) in [4.78, 5) is 18.0. The van der Waals surface area contributed by atoms with E-state index in [4.69, 9.17) is 9.47 Å². The number of hydrogen-bond acceptors (Lipinski definition) is 9. The van der Waals surface area contributed by atoms with Crippen LogP contribution in [0.2, 0.25) is 0 Å². The zero-order valence-corrected chi connectivity index (χ0v) is 23.7. The van der Waals surface area contributed by atoms with Crippen LogP contribution in [0.15, 0.2) is 48.9 Å². The summed E-state index contributed by atoms with van der Waals surface area (Å²) < 4.78 is 43.5. The van der Waals surface area contributed by atoms with Crippen molar-refractivity contribution in [2.24, 2.45) is 0 Å². The third kappa shape index (κ3) is 5.31. The number of anilines is 3. The van der Waals surface area contributed by atoms with Gasteiger partial charge in [0.25, 0.3) is 0 Å². The summed E-state index contributed by atoms with van der Waals surface area (Å²) in [5, 5.41) is 7.49. The SMILES string of the molecule is CC1CN(c2ccc(Nc3ncc4ccn(-c5cc(F)c(CN6CCOC7(COC7)C6)c(F)c5)c4n3)cn2)CC(C)N1. The molecule has 2 N–H and O–H groups in total. The Balaban J connectivity index is 1.09. The molecule has 0 radical (unpaired) electrons. The first-order valence-electron chi connectivity index (χ1n) is 14.3. The van der Waals surface area contributed by atoms with Crippen LogP contribution < -0.4 is 15.5 Å². The summed E-state index contributed by atoms with van der Waals surface area (Å²) >= 11 is 0. The van der Waals surface area contributed by atoms with Gasteiger partial charge >= 0.3 is 0 Å². The molecule has 3 fully saturated rings. The van der Waals surface area contributed by atoms with Crippen molar-refractivity contribution < 1.29 is 18.3 Å². The van der Waals surface area contributed by atoms with Crippen molar-refractivity contribution in [3.05, 3.63) is 66.1 Å². The molecule has 6 heterocycles. The fourth-order valence-corrected chi connectivity index (χ4v) is 6.14. The monoisotopic (exact) mass is 576 g/mol. The standard InChI is InChI=1S/C30H34F2N8O2/c1-19-13-39(14-20(2)35-19)27-4-3-22(12-33-27)36-29-34-11-21-5-6-40(28(21)37-29)23-9-25(31)24(26(32)10-23)15-38-7-8-42-30(16-38)17-41-18-30/h3-6,9-12,19-20,35H,7-8,13-18H2,1-2H3,(H,34,36,37). The minimum atomic E-state index is -0.593. The molecule has 220 valence electrons. The molecule has 3 aliphatic heterocycles. The lowest BCUT2D eigenvalue weighted by atomic mass is 9.99. The van der Waals surface area contributed by atoms with Crippen molar-refractivity contribution in [2.45, 2.75) is 38.1 Å². The van der Waals surface area contributed by atoms with Crippen LogP contribution >= 0.6 is 0 Å². The van der Waals surface area contributed by atoms with Gasteiger partial charge in [0, 0.05) is 68.2 Å². The van der Waals surface area contributed by atoms with E-state index in [9.17, 15) is 0 Å².